The van der Waals surface area contributed by atoms with E-state index >= 15 is 0 Å². The highest BCUT2D eigenvalue weighted by molar-refractivity contribution is 7.89. The molecule has 0 amide bonds. The van der Waals surface area contributed by atoms with Gasteiger partial charge in [-0.25, -0.2) is 13.1 Å². The molecule has 1 aliphatic heterocycles. The van der Waals surface area contributed by atoms with Gasteiger partial charge in [0.15, 0.2) is 0 Å². The summed E-state index contributed by atoms with van der Waals surface area (Å²) >= 11 is 0. The van der Waals surface area contributed by atoms with Gasteiger partial charge in [-0.3, -0.25) is 0 Å². The maximum atomic E-state index is 13.0. The van der Waals surface area contributed by atoms with E-state index in [9.17, 15) is 34.8 Å². The number of halogens is 6. The second kappa shape index (κ2) is 6.52. The number of alkyl halides is 6. The zero-order valence-corrected chi connectivity index (χ0v) is 12.9. The molecule has 1 fully saturated rings. The molecule has 2 rings (SSSR count). The number of piperidine rings is 1. The average Bonchev–Trinajstić information content (AvgIpc) is 2.45. The molecule has 0 atom stereocenters. The van der Waals surface area contributed by atoms with E-state index in [2.05, 4.69) is 10.0 Å². The van der Waals surface area contributed by atoms with Gasteiger partial charge in [-0.05, 0) is 44.1 Å². The van der Waals surface area contributed by atoms with E-state index in [0.717, 1.165) is 0 Å². The number of rotatable bonds is 3. The Morgan fingerprint density at radius 1 is 1.00 bits per heavy atom. The van der Waals surface area contributed by atoms with E-state index in [0.29, 0.717) is 25.9 Å². The van der Waals surface area contributed by atoms with Crippen molar-refractivity contribution in [3.8, 4) is 0 Å². The summed E-state index contributed by atoms with van der Waals surface area (Å²) in [5.74, 6) is 0. The van der Waals surface area contributed by atoms with Crippen molar-refractivity contribution in [2.24, 2.45) is 0 Å². The Morgan fingerprint density at radius 3 is 2.08 bits per heavy atom. The normalized spacial score (nSPS) is 17.9. The second-order valence-electron chi connectivity index (χ2n) is 5.35. The summed E-state index contributed by atoms with van der Waals surface area (Å²) < 4.78 is 104. The third-order valence-corrected chi connectivity index (χ3v) is 5.13. The molecule has 11 heteroatoms. The Bertz CT molecular complexity index is 693. The molecule has 0 bridgehead atoms. The molecular weight excluding hydrogens is 362 g/mol. The highest BCUT2D eigenvalue weighted by Gasteiger charge is 2.40. The molecule has 0 unspecified atom stereocenters. The van der Waals surface area contributed by atoms with E-state index in [1.807, 2.05) is 0 Å². The molecule has 1 heterocycles. The van der Waals surface area contributed by atoms with Crippen LogP contribution in [0.15, 0.2) is 23.1 Å². The van der Waals surface area contributed by atoms with Gasteiger partial charge >= 0.3 is 12.4 Å². The highest BCUT2D eigenvalue weighted by Crippen LogP contribution is 2.38. The summed E-state index contributed by atoms with van der Waals surface area (Å²) in [5.41, 5.74) is -3.09. The van der Waals surface area contributed by atoms with Crippen molar-refractivity contribution in [2.75, 3.05) is 13.1 Å². The third-order valence-electron chi connectivity index (χ3n) is 3.56. The van der Waals surface area contributed by atoms with Gasteiger partial charge in [-0.2, -0.15) is 26.3 Å². The van der Waals surface area contributed by atoms with Crippen LogP contribution in [-0.2, 0) is 22.4 Å². The molecule has 136 valence electrons. The largest absolute Gasteiger partial charge is 0.417 e. The molecule has 1 saturated heterocycles. The molecule has 1 aromatic carbocycles. The van der Waals surface area contributed by atoms with E-state index in [4.69, 9.17) is 0 Å². The molecule has 24 heavy (non-hydrogen) atoms. The first kappa shape index (κ1) is 19.0. The minimum atomic E-state index is -5.09. The van der Waals surface area contributed by atoms with Crippen LogP contribution in [0.4, 0.5) is 26.3 Å². The molecule has 0 spiro atoms. The first-order chi connectivity index (χ1) is 10.9. The lowest BCUT2D eigenvalue weighted by Gasteiger charge is -2.24. The fourth-order valence-corrected chi connectivity index (χ4v) is 3.93. The van der Waals surface area contributed by atoms with Crippen LogP contribution in [0.1, 0.15) is 24.0 Å². The minimum absolute atomic E-state index is 0.0201. The van der Waals surface area contributed by atoms with Gasteiger partial charge in [0.1, 0.15) is 0 Å². The van der Waals surface area contributed by atoms with Crippen molar-refractivity contribution in [3.05, 3.63) is 29.3 Å². The van der Waals surface area contributed by atoms with E-state index in [-0.39, 0.29) is 18.2 Å². The predicted molar refractivity (Wildman–Crippen MR) is 72.7 cm³/mol. The van der Waals surface area contributed by atoms with Crippen LogP contribution in [0.2, 0.25) is 0 Å². The van der Waals surface area contributed by atoms with Crippen molar-refractivity contribution in [3.63, 3.8) is 0 Å². The topological polar surface area (TPSA) is 58.2 Å². The SMILES string of the molecule is O=S(=O)(NC1CCNCC1)c1cc(C(F)(F)F)ccc1C(F)(F)F. The summed E-state index contributed by atoms with van der Waals surface area (Å²) in [6, 6.07) is -0.259. The Morgan fingerprint density at radius 2 is 1.58 bits per heavy atom. The lowest BCUT2D eigenvalue weighted by atomic mass is 10.1. The number of benzene rings is 1. The van der Waals surface area contributed by atoms with Crippen molar-refractivity contribution < 1.29 is 34.8 Å². The number of nitrogens with one attached hydrogen (secondary N) is 2. The monoisotopic (exact) mass is 376 g/mol. The van der Waals surface area contributed by atoms with Crippen LogP contribution >= 0.6 is 0 Å². The molecule has 4 nitrogen and oxygen atoms in total. The zero-order valence-electron chi connectivity index (χ0n) is 12.1. The van der Waals surface area contributed by atoms with Gasteiger partial charge in [0, 0.05) is 6.04 Å². The van der Waals surface area contributed by atoms with Crippen LogP contribution < -0.4 is 10.0 Å². The smallest absolute Gasteiger partial charge is 0.317 e. The van der Waals surface area contributed by atoms with Gasteiger partial charge in [0.25, 0.3) is 0 Å². The molecule has 2 N–H and O–H groups in total. The minimum Gasteiger partial charge on any atom is -0.317 e. The van der Waals surface area contributed by atoms with Crippen LogP contribution in [0, 0.1) is 0 Å². The van der Waals surface area contributed by atoms with Crippen LogP contribution in [0.3, 0.4) is 0 Å². The summed E-state index contributed by atoms with van der Waals surface area (Å²) in [5, 5.41) is 2.94. The van der Waals surface area contributed by atoms with Gasteiger partial charge in [-0.15, -0.1) is 0 Å². The van der Waals surface area contributed by atoms with Crippen molar-refractivity contribution in [2.45, 2.75) is 36.1 Å². The van der Waals surface area contributed by atoms with Crippen LogP contribution in [-0.4, -0.2) is 27.5 Å². The number of hydrogen-bond donors (Lipinski definition) is 2. The molecular formula is C13H14F6N2O2S. The summed E-state index contributed by atoms with van der Waals surface area (Å²) in [6.45, 7) is 0.920. The average molecular weight is 376 g/mol. The van der Waals surface area contributed by atoms with Crippen LogP contribution in [0.5, 0.6) is 0 Å². The van der Waals surface area contributed by atoms with Gasteiger partial charge in [-0.1, -0.05) is 0 Å². The standard InChI is InChI=1S/C13H14F6N2O2S/c14-12(15,16)8-1-2-10(13(17,18)19)11(7-8)24(22,23)21-9-3-5-20-6-4-9/h1-2,7,9,20-21H,3-6H2. The number of sulfonamides is 1. The lowest BCUT2D eigenvalue weighted by molar-refractivity contribution is -0.143. The first-order valence-electron chi connectivity index (χ1n) is 6.93. The van der Waals surface area contributed by atoms with E-state index in [1.54, 1.807) is 0 Å². The van der Waals surface area contributed by atoms with Crippen molar-refractivity contribution in [1.29, 1.82) is 0 Å². The summed E-state index contributed by atoms with van der Waals surface area (Å²) in [7, 11) is -4.75. The molecule has 1 aromatic rings. The molecule has 0 aromatic heterocycles. The first-order valence-corrected chi connectivity index (χ1v) is 8.41. The Hall–Kier alpha value is -1.33. The Labute approximate surface area is 134 Å². The van der Waals surface area contributed by atoms with Gasteiger partial charge < -0.3 is 5.32 Å². The van der Waals surface area contributed by atoms with Crippen molar-refractivity contribution >= 4 is 10.0 Å². The van der Waals surface area contributed by atoms with E-state index in [1.165, 1.54) is 0 Å². The fourth-order valence-electron chi connectivity index (χ4n) is 2.38. The summed E-state index contributed by atoms with van der Waals surface area (Å²) in [4.78, 5) is -1.41. The fraction of sp³-hybridized carbons (Fsp3) is 0.538. The molecule has 0 saturated carbocycles. The molecule has 0 radical (unpaired) electrons. The maximum absolute atomic E-state index is 13.0. The highest BCUT2D eigenvalue weighted by atomic mass is 32.2. The van der Waals surface area contributed by atoms with Gasteiger partial charge in [0.05, 0.1) is 16.0 Å². The van der Waals surface area contributed by atoms with Crippen LogP contribution in [0.25, 0.3) is 0 Å². The summed E-state index contributed by atoms with van der Waals surface area (Å²) in [6.07, 6.45) is -9.38. The Balaban J connectivity index is 2.48. The van der Waals surface area contributed by atoms with Crippen molar-refractivity contribution in [1.82, 2.24) is 10.0 Å². The maximum Gasteiger partial charge on any atom is 0.417 e. The van der Waals surface area contributed by atoms with E-state index < -0.39 is 44.4 Å². The quantitative estimate of drug-likeness (QED) is 0.798. The zero-order chi connectivity index (χ0) is 18.2. The third kappa shape index (κ3) is 4.39. The van der Waals surface area contributed by atoms with Gasteiger partial charge in [0.2, 0.25) is 10.0 Å². The Kier molecular flexibility index (Phi) is 5.17. The predicted octanol–water partition coefficient (Wildman–Crippen LogP) is 2.75. The molecule has 1 aliphatic rings. The lowest BCUT2D eigenvalue weighted by Crippen LogP contribution is -2.43. The molecule has 0 aliphatic carbocycles. The number of hydrogen-bond acceptors (Lipinski definition) is 3. The second-order valence-corrected chi connectivity index (χ2v) is 7.03.